The zero-order valence-electron chi connectivity index (χ0n) is 23.2. The van der Waals surface area contributed by atoms with E-state index in [-0.39, 0.29) is 27.1 Å². The minimum atomic E-state index is -1.15. The Kier molecular flexibility index (Phi) is 10.1. The van der Waals surface area contributed by atoms with Crippen LogP contribution < -0.4 is 9.64 Å². The largest absolute Gasteiger partial charge is 0.482 e. The summed E-state index contributed by atoms with van der Waals surface area (Å²) in [6.07, 6.45) is -3.84. The second kappa shape index (κ2) is 12.3. The molecule has 1 aromatic carbocycles. The number of aromatic nitrogens is 2. The molecule has 0 aliphatic rings. The van der Waals surface area contributed by atoms with Crippen molar-refractivity contribution >= 4 is 47.2 Å². The van der Waals surface area contributed by atoms with Gasteiger partial charge in [0.25, 0.3) is 0 Å². The number of carbonyl (C=O) groups is 3. The number of hydrogen-bond donors (Lipinski definition) is 0. The molecule has 1 heterocycles. The number of amides is 2. The van der Waals surface area contributed by atoms with Gasteiger partial charge in [0.1, 0.15) is 23.1 Å². The molecule has 0 aliphatic heterocycles. The number of benzene rings is 1. The van der Waals surface area contributed by atoms with Crippen molar-refractivity contribution in [2.75, 3.05) is 4.90 Å². The van der Waals surface area contributed by atoms with Gasteiger partial charge in [-0.3, -0.25) is 0 Å². The van der Waals surface area contributed by atoms with Gasteiger partial charge in [-0.15, -0.1) is 10.2 Å². The maximum absolute atomic E-state index is 14.2. The van der Waals surface area contributed by atoms with E-state index in [0.717, 1.165) is 12.1 Å². The van der Waals surface area contributed by atoms with Gasteiger partial charge < -0.3 is 18.9 Å². The highest BCUT2D eigenvalue weighted by atomic mass is 35.5. The summed E-state index contributed by atoms with van der Waals surface area (Å²) in [4.78, 5) is 39.5. The SMILES string of the molecule is CC(C)OC(=O)c1cc(O[C@H](C)c2c(Cl)ccc(F)c2Cl)c(N(C(=O)OC(C)(C)C)C(=O)OC(C)(C)C)nn1. The molecule has 39 heavy (non-hydrogen) atoms. The Morgan fingerprint density at radius 1 is 0.923 bits per heavy atom. The zero-order valence-corrected chi connectivity index (χ0v) is 24.7. The van der Waals surface area contributed by atoms with E-state index in [4.69, 9.17) is 42.1 Å². The third-order valence-electron chi connectivity index (χ3n) is 4.45. The molecule has 214 valence electrons. The first kappa shape index (κ1) is 32.0. The number of halogens is 3. The minimum Gasteiger partial charge on any atom is -0.482 e. The summed E-state index contributed by atoms with van der Waals surface area (Å²) in [7, 11) is 0. The number of carbonyl (C=O) groups excluding carboxylic acids is 3. The highest BCUT2D eigenvalue weighted by Crippen LogP contribution is 2.38. The second-order valence-electron chi connectivity index (χ2n) is 10.7. The summed E-state index contributed by atoms with van der Waals surface area (Å²) in [6, 6.07) is 3.50. The molecule has 0 radical (unpaired) electrons. The number of esters is 1. The third-order valence-corrected chi connectivity index (χ3v) is 5.16. The second-order valence-corrected chi connectivity index (χ2v) is 11.5. The summed E-state index contributed by atoms with van der Waals surface area (Å²) in [5.41, 5.74) is -2.24. The van der Waals surface area contributed by atoms with Crippen molar-refractivity contribution in [1.82, 2.24) is 10.2 Å². The Balaban J connectivity index is 2.72. The van der Waals surface area contributed by atoms with E-state index >= 15 is 0 Å². The summed E-state index contributed by atoms with van der Waals surface area (Å²) in [5.74, 6) is -2.34. The first-order valence-corrected chi connectivity index (χ1v) is 12.7. The Bertz CT molecular complexity index is 1220. The van der Waals surface area contributed by atoms with Crippen LogP contribution in [0.3, 0.4) is 0 Å². The Morgan fingerprint density at radius 2 is 1.46 bits per heavy atom. The molecule has 13 heteroatoms. The predicted octanol–water partition coefficient (Wildman–Crippen LogP) is 7.30. The van der Waals surface area contributed by atoms with Crippen LogP contribution in [0, 0.1) is 5.82 Å². The van der Waals surface area contributed by atoms with Crippen LogP contribution in [-0.4, -0.2) is 45.7 Å². The molecular formula is C26H32Cl2FN3O7. The van der Waals surface area contributed by atoms with Crippen LogP contribution in [0.25, 0.3) is 0 Å². The van der Waals surface area contributed by atoms with Crippen molar-refractivity contribution in [2.24, 2.45) is 0 Å². The van der Waals surface area contributed by atoms with Crippen molar-refractivity contribution in [1.29, 1.82) is 0 Å². The smallest absolute Gasteiger partial charge is 0.425 e. The van der Waals surface area contributed by atoms with Crippen molar-refractivity contribution < 1.29 is 37.7 Å². The summed E-state index contributed by atoms with van der Waals surface area (Å²) < 4.78 is 36.2. The fourth-order valence-electron chi connectivity index (χ4n) is 3.01. The van der Waals surface area contributed by atoms with Crippen molar-refractivity contribution in [3.05, 3.63) is 45.3 Å². The average Bonchev–Trinajstić information content (AvgIpc) is 2.74. The molecule has 0 N–H and O–H groups in total. The van der Waals surface area contributed by atoms with Crippen LogP contribution >= 0.6 is 23.2 Å². The van der Waals surface area contributed by atoms with E-state index in [1.54, 1.807) is 55.4 Å². The van der Waals surface area contributed by atoms with Gasteiger partial charge in [-0.05, 0) is 74.4 Å². The number of nitrogens with zero attached hydrogens (tertiary/aromatic N) is 3. The van der Waals surface area contributed by atoms with Crippen molar-refractivity contribution in [2.45, 2.75) is 85.7 Å². The van der Waals surface area contributed by atoms with E-state index in [1.165, 1.54) is 13.0 Å². The maximum Gasteiger partial charge on any atom is 0.425 e. The fourth-order valence-corrected chi connectivity index (χ4v) is 3.69. The monoisotopic (exact) mass is 587 g/mol. The van der Waals surface area contributed by atoms with Crippen LogP contribution in [0.1, 0.15) is 84.5 Å². The Hall–Kier alpha value is -3.18. The third kappa shape index (κ3) is 8.93. The van der Waals surface area contributed by atoms with Crippen LogP contribution in [0.2, 0.25) is 10.0 Å². The first-order chi connectivity index (χ1) is 17.8. The van der Waals surface area contributed by atoms with Crippen LogP contribution in [0.15, 0.2) is 18.2 Å². The van der Waals surface area contributed by atoms with E-state index in [0.29, 0.717) is 4.90 Å². The first-order valence-electron chi connectivity index (χ1n) is 12.0. The molecular weight excluding hydrogens is 556 g/mol. The fraction of sp³-hybridized carbons (Fsp3) is 0.500. The molecule has 0 unspecified atom stereocenters. The summed E-state index contributed by atoms with van der Waals surface area (Å²) in [5, 5.41) is 7.55. The van der Waals surface area contributed by atoms with Crippen molar-refractivity contribution in [3.63, 3.8) is 0 Å². The van der Waals surface area contributed by atoms with Gasteiger partial charge in [0, 0.05) is 16.7 Å². The van der Waals surface area contributed by atoms with Gasteiger partial charge in [-0.25, -0.2) is 18.8 Å². The molecule has 0 aliphatic carbocycles. The molecule has 0 saturated heterocycles. The molecule has 0 saturated carbocycles. The molecule has 1 aromatic heterocycles. The normalized spacial score (nSPS) is 12.5. The molecule has 2 aromatic rings. The van der Waals surface area contributed by atoms with Gasteiger partial charge in [0.05, 0.1) is 11.1 Å². The van der Waals surface area contributed by atoms with E-state index in [1.807, 2.05) is 0 Å². The van der Waals surface area contributed by atoms with E-state index in [9.17, 15) is 18.8 Å². The highest BCUT2D eigenvalue weighted by molar-refractivity contribution is 6.36. The standard InChI is InChI=1S/C26H32Cl2FN3O7/c1-13(2)36-22(33)17-12-18(37-14(3)19-15(27)10-11-16(29)20(19)28)21(31-30-17)32(23(34)38-25(4,5)6)24(35)39-26(7,8)9/h10-14H,1-9H3/t14-/m1/s1. The number of rotatable bonds is 6. The van der Waals surface area contributed by atoms with Gasteiger partial charge in [0.15, 0.2) is 11.4 Å². The molecule has 2 rings (SSSR count). The number of anilines is 1. The lowest BCUT2D eigenvalue weighted by Gasteiger charge is -2.29. The number of ether oxygens (including phenoxy) is 4. The van der Waals surface area contributed by atoms with Gasteiger partial charge >= 0.3 is 18.2 Å². The summed E-state index contributed by atoms with van der Waals surface area (Å²) in [6.45, 7) is 14.4. The van der Waals surface area contributed by atoms with Crippen LogP contribution in [0.5, 0.6) is 5.75 Å². The molecule has 0 bridgehead atoms. The topological polar surface area (TPSA) is 117 Å². The van der Waals surface area contributed by atoms with Gasteiger partial charge in [-0.1, -0.05) is 23.2 Å². The molecule has 0 fully saturated rings. The predicted molar refractivity (Wildman–Crippen MR) is 143 cm³/mol. The molecule has 0 spiro atoms. The van der Waals surface area contributed by atoms with Crippen LogP contribution in [-0.2, 0) is 14.2 Å². The molecule has 2 amide bonds. The highest BCUT2D eigenvalue weighted by Gasteiger charge is 2.37. The number of imide groups is 1. The minimum absolute atomic E-state index is 0.0773. The zero-order chi connectivity index (χ0) is 29.9. The molecule has 10 nitrogen and oxygen atoms in total. The van der Waals surface area contributed by atoms with Crippen molar-refractivity contribution in [3.8, 4) is 5.75 Å². The van der Waals surface area contributed by atoms with Gasteiger partial charge in [0.2, 0.25) is 5.82 Å². The summed E-state index contributed by atoms with van der Waals surface area (Å²) >= 11 is 12.4. The van der Waals surface area contributed by atoms with Crippen LogP contribution in [0.4, 0.5) is 19.8 Å². The maximum atomic E-state index is 14.2. The lowest BCUT2D eigenvalue weighted by atomic mass is 10.1. The number of hydrogen-bond acceptors (Lipinski definition) is 9. The quantitative estimate of drug-likeness (QED) is 0.195. The Labute approximate surface area is 236 Å². The molecule has 1 atom stereocenters. The lowest BCUT2D eigenvalue weighted by molar-refractivity contribution is 0.0367. The van der Waals surface area contributed by atoms with Gasteiger partial charge in [-0.2, -0.15) is 4.90 Å². The lowest BCUT2D eigenvalue weighted by Crippen LogP contribution is -2.44. The Morgan fingerprint density at radius 3 is 1.95 bits per heavy atom. The van der Waals surface area contributed by atoms with E-state index < -0.39 is 53.2 Å². The van der Waals surface area contributed by atoms with E-state index in [2.05, 4.69) is 10.2 Å². The average molecular weight is 588 g/mol.